The third kappa shape index (κ3) is 1.33. The highest BCUT2D eigenvalue weighted by Gasteiger charge is 2.51. The van der Waals surface area contributed by atoms with Gasteiger partial charge in [-0.25, -0.2) is 23.5 Å². The lowest BCUT2D eigenvalue weighted by Gasteiger charge is -2.48. The summed E-state index contributed by atoms with van der Waals surface area (Å²) in [6, 6.07) is 10.5. The van der Waals surface area contributed by atoms with Gasteiger partial charge in [-0.2, -0.15) is 5.26 Å². The summed E-state index contributed by atoms with van der Waals surface area (Å²) in [5.41, 5.74) is 0.405. The normalized spacial score (nSPS) is 29.3. The molecule has 1 aromatic heterocycles. The first-order chi connectivity index (χ1) is 11.2. The smallest absolute Gasteiger partial charge is 0.245 e. The van der Waals surface area contributed by atoms with Crippen molar-refractivity contribution in [1.29, 1.82) is 5.26 Å². The van der Waals surface area contributed by atoms with Crippen LogP contribution in [0.3, 0.4) is 0 Å². The molecule has 1 aromatic carbocycles. The summed E-state index contributed by atoms with van der Waals surface area (Å²) < 4.78 is 4.19. The van der Waals surface area contributed by atoms with Crippen molar-refractivity contribution in [2.75, 3.05) is 0 Å². The Morgan fingerprint density at radius 3 is 2.30 bits per heavy atom. The number of rotatable bonds is 1. The fraction of sp³-hybridized carbons (Fsp3) is 0.235. The van der Waals surface area contributed by atoms with Gasteiger partial charge in [-0.3, -0.25) is 0 Å². The maximum absolute atomic E-state index is 12.9. The third-order valence-electron chi connectivity index (χ3n) is 5.12. The third-order valence-corrected chi connectivity index (χ3v) is 5.12. The van der Waals surface area contributed by atoms with E-state index in [1.54, 1.807) is 24.3 Å². The largest absolute Gasteiger partial charge is 0.352 e. The Balaban J connectivity index is 1.83. The molecule has 6 nitrogen and oxygen atoms in total. The van der Waals surface area contributed by atoms with Crippen LogP contribution in [0.1, 0.15) is 12.1 Å². The summed E-state index contributed by atoms with van der Waals surface area (Å²) in [6.07, 6.45) is 5.94. The summed E-state index contributed by atoms with van der Waals surface area (Å²) in [5, 5.41) is 9.40. The van der Waals surface area contributed by atoms with E-state index < -0.39 is 0 Å². The van der Waals surface area contributed by atoms with Gasteiger partial charge < -0.3 is 0 Å². The minimum absolute atomic E-state index is 0.128. The fourth-order valence-electron chi connectivity index (χ4n) is 4.05. The van der Waals surface area contributed by atoms with Crippen molar-refractivity contribution in [2.24, 2.45) is 11.8 Å². The van der Waals surface area contributed by atoms with Crippen LogP contribution >= 0.6 is 0 Å². The van der Waals surface area contributed by atoms with Crippen LogP contribution in [0.5, 0.6) is 0 Å². The van der Waals surface area contributed by atoms with Crippen LogP contribution < -0.4 is 11.4 Å². The summed E-state index contributed by atoms with van der Waals surface area (Å²) >= 11 is 0. The van der Waals surface area contributed by atoms with E-state index in [4.69, 9.17) is 0 Å². The Bertz CT molecular complexity index is 1040. The van der Waals surface area contributed by atoms with Crippen LogP contribution in [0.4, 0.5) is 0 Å². The monoisotopic (exact) mass is 304 g/mol. The first-order valence-corrected chi connectivity index (χ1v) is 7.54. The number of aromatic nitrogens is 3. The zero-order valence-corrected chi connectivity index (χ0v) is 12.0. The molecule has 0 amide bonds. The minimum atomic E-state index is -0.379. The lowest BCUT2D eigenvalue weighted by Crippen LogP contribution is -2.52. The number of nitrogens with zero attached hydrogens (tertiary/aromatic N) is 4. The van der Waals surface area contributed by atoms with Crippen molar-refractivity contribution in [1.82, 2.24) is 13.9 Å². The van der Waals surface area contributed by atoms with Crippen molar-refractivity contribution in [3.8, 4) is 11.8 Å². The second-order valence-corrected chi connectivity index (χ2v) is 6.13. The lowest BCUT2D eigenvalue weighted by atomic mass is 9.66. The standard InChI is InChI=1S/C17H12N4O2/c18-9-10-8-14-12-6-7-13(12)15(10)21-17(23)19(16(22)20(14)21)11-4-2-1-3-5-11/h1-8,12-15H/t12-,13-,14+,15+/m1/s1. The molecule has 2 aliphatic carbocycles. The molecule has 23 heavy (non-hydrogen) atoms. The van der Waals surface area contributed by atoms with Gasteiger partial charge in [0.1, 0.15) is 0 Å². The minimum Gasteiger partial charge on any atom is -0.245 e. The van der Waals surface area contributed by atoms with E-state index in [9.17, 15) is 14.9 Å². The quantitative estimate of drug-likeness (QED) is 0.742. The molecule has 6 heteroatoms. The molecule has 4 aliphatic rings. The Labute approximate surface area is 130 Å². The van der Waals surface area contributed by atoms with E-state index in [0.29, 0.717) is 11.3 Å². The zero-order chi connectivity index (χ0) is 15.7. The summed E-state index contributed by atoms with van der Waals surface area (Å²) in [7, 11) is 0. The van der Waals surface area contributed by atoms with Gasteiger partial charge in [0.05, 0.1) is 29.4 Å². The van der Waals surface area contributed by atoms with E-state index >= 15 is 0 Å². The molecule has 2 aromatic rings. The average molecular weight is 304 g/mol. The van der Waals surface area contributed by atoms with Gasteiger partial charge in [0.25, 0.3) is 0 Å². The van der Waals surface area contributed by atoms with E-state index in [-0.39, 0.29) is 35.3 Å². The van der Waals surface area contributed by atoms with E-state index in [0.717, 1.165) is 0 Å². The van der Waals surface area contributed by atoms with Crippen molar-refractivity contribution < 1.29 is 0 Å². The molecule has 2 aliphatic heterocycles. The molecule has 3 heterocycles. The number of hydrogen-bond donors (Lipinski definition) is 0. The summed E-state index contributed by atoms with van der Waals surface area (Å²) in [6.45, 7) is 0. The van der Waals surface area contributed by atoms with E-state index in [1.165, 1.54) is 13.9 Å². The Morgan fingerprint density at radius 1 is 0.957 bits per heavy atom. The molecule has 4 atom stereocenters. The molecule has 0 spiro atoms. The van der Waals surface area contributed by atoms with Gasteiger partial charge in [0.2, 0.25) is 0 Å². The first kappa shape index (κ1) is 12.5. The molecule has 0 fully saturated rings. The first-order valence-electron chi connectivity index (χ1n) is 7.54. The fourth-order valence-corrected chi connectivity index (χ4v) is 4.05. The Kier molecular flexibility index (Phi) is 2.18. The molecule has 6 rings (SSSR count). The van der Waals surface area contributed by atoms with Crippen LogP contribution in [0.25, 0.3) is 5.69 Å². The molecule has 2 bridgehead atoms. The van der Waals surface area contributed by atoms with Gasteiger partial charge in [-0.15, -0.1) is 0 Å². The summed E-state index contributed by atoms with van der Waals surface area (Å²) in [5.74, 6) is 0.323. The predicted molar refractivity (Wildman–Crippen MR) is 82.2 cm³/mol. The number of nitriles is 1. The van der Waals surface area contributed by atoms with Gasteiger partial charge in [-0.1, -0.05) is 30.4 Å². The van der Waals surface area contributed by atoms with Crippen LogP contribution in [0.2, 0.25) is 0 Å². The number of hydrogen-bond acceptors (Lipinski definition) is 3. The molecule has 0 saturated carbocycles. The maximum atomic E-state index is 12.9. The second kappa shape index (κ2) is 4.02. The highest BCUT2D eigenvalue weighted by molar-refractivity contribution is 5.40. The van der Waals surface area contributed by atoms with Gasteiger partial charge in [0, 0.05) is 11.8 Å². The molecule has 0 unspecified atom stereocenters. The summed E-state index contributed by atoms with van der Waals surface area (Å²) in [4.78, 5) is 25.8. The lowest BCUT2D eigenvalue weighted by molar-refractivity contribution is 0.132. The van der Waals surface area contributed by atoms with Crippen molar-refractivity contribution >= 4 is 0 Å². The van der Waals surface area contributed by atoms with Gasteiger partial charge >= 0.3 is 11.4 Å². The maximum Gasteiger partial charge on any atom is 0.352 e. The Morgan fingerprint density at radius 2 is 1.65 bits per heavy atom. The molecule has 0 saturated heterocycles. The second-order valence-electron chi connectivity index (χ2n) is 6.13. The highest BCUT2D eigenvalue weighted by atomic mass is 16.2. The van der Waals surface area contributed by atoms with Gasteiger partial charge in [0.15, 0.2) is 0 Å². The molecule has 0 radical (unpaired) electrons. The van der Waals surface area contributed by atoms with Crippen LogP contribution in [-0.4, -0.2) is 13.9 Å². The molecule has 112 valence electrons. The van der Waals surface area contributed by atoms with Crippen LogP contribution in [0.15, 0.2) is 63.7 Å². The van der Waals surface area contributed by atoms with Crippen LogP contribution in [-0.2, 0) is 0 Å². The highest BCUT2D eigenvalue weighted by Crippen LogP contribution is 2.52. The SMILES string of the molecule is N#CC1=C[C@H]2[C@@H]3C=C[C@H]3[C@H]1n1c(=O)n(-c3ccccc3)c(=O)n12. The molecular weight excluding hydrogens is 292 g/mol. The average Bonchev–Trinajstić information content (AvgIpc) is 2.80. The molecule has 0 N–H and O–H groups in total. The van der Waals surface area contributed by atoms with E-state index in [2.05, 4.69) is 12.1 Å². The number of para-hydroxylation sites is 1. The van der Waals surface area contributed by atoms with Gasteiger partial charge in [-0.05, 0) is 18.2 Å². The number of benzene rings is 1. The molecular formula is C17H12N4O2. The van der Waals surface area contributed by atoms with E-state index in [1.807, 2.05) is 18.2 Å². The predicted octanol–water partition coefficient (Wildman–Crippen LogP) is 1.16. The number of allylic oxidation sites excluding steroid dienone is 4. The topological polar surface area (TPSA) is 72.7 Å². The zero-order valence-electron chi connectivity index (χ0n) is 12.0. The van der Waals surface area contributed by atoms with Crippen LogP contribution in [0, 0.1) is 23.2 Å². The van der Waals surface area contributed by atoms with Crippen molar-refractivity contribution in [3.63, 3.8) is 0 Å². The van der Waals surface area contributed by atoms with Crippen molar-refractivity contribution in [2.45, 2.75) is 12.1 Å². The Hall–Kier alpha value is -3.07. The van der Waals surface area contributed by atoms with Crippen molar-refractivity contribution in [3.05, 3.63) is 75.1 Å².